The molecule has 2 aromatic rings. The number of amides is 1. The molecule has 1 fully saturated rings. The zero-order valence-corrected chi connectivity index (χ0v) is 14.2. The zero-order valence-electron chi connectivity index (χ0n) is 14.2. The van der Waals surface area contributed by atoms with Crippen molar-refractivity contribution in [3.8, 4) is 5.69 Å². The van der Waals surface area contributed by atoms with Crippen molar-refractivity contribution in [3.05, 3.63) is 58.8 Å². The first-order valence-electron chi connectivity index (χ1n) is 8.59. The summed E-state index contributed by atoms with van der Waals surface area (Å²) in [5.41, 5.74) is 0.218. The number of halogens is 1. The van der Waals surface area contributed by atoms with Crippen molar-refractivity contribution in [3.63, 3.8) is 0 Å². The van der Waals surface area contributed by atoms with E-state index in [0.29, 0.717) is 18.5 Å². The molecule has 1 saturated carbocycles. The molecule has 3 rings (SSSR count). The highest BCUT2D eigenvalue weighted by atomic mass is 19.1. The number of hydrogen-bond acceptors (Lipinski definition) is 4. The summed E-state index contributed by atoms with van der Waals surface area (Å²) >= 11 is 0. The van der Waals surface area contributed by atoms with Crippen LogP contribution in [0.25, 0.3) is 5.69 Å². The Morgan fingerprint density at radius 1 is 1.31 bits per heavy atom. The van der Waals surface area contributed by atoms with Gasteiger partial charge in [-0.1, -0.05) is 6.07 Å². The summed E-state index contributed by atoms with van der Waals surface area (Å²) in [5, 5.41) is 11.4. The average Bonchev–Trinajstić information content (AvgIpc) is 3.11. The number of aromatic nitrogens is 1. The lowest BCUT2D eigenvalue weighted by molar-refractivity contribution is -0.120. The molecule has 26 heavy (non-hydrogen) atoms. The number of ether oxygens (including phenoxy) is 1. The molecule has 1 heterocycles. The number of hydrogen-bond donors (Lipinski definition) is 2. The molecule has 0 saturated heterocycles. The third-order valence-corrected chi connectivity index (χ3v) is 4.51. The van der Waals surface area contributed by atoms with Crippen LogP contribution in [0.3, 0.4) is 0 Å². The van der Waals surface area contributed by atoms with Gasteiger partial charge in [0.1, 0.15) is 5.82 Å². The van der Waals surface area contributed by atoms with Crippen LogP contribution < -0.4 is 10.9 Å². The summed E-state index contributed by atoms with van der Waals surface area (Å²) in [6.07, 6.45) is 3.48. The van der Waals surface area contributed by atoms with Gasteiger partial charge >= 0.3 is 0 Å². The van der Waals surface area contributed by atoms with E-state index in [9.17, 15) is 14.0 Å². The Labute approximate surface area is 150 Å². The van der Waals surface area contributed by atoms with E-state index in [2.05, 4.69) is 5.32 Å². The molecular weight excluding hydrogens is 339 g/mol. The highest BCUT2D eigenvalue weighted by Crippen LogP contribution is 2.29. The van der Waals surface area contributed by atoms with Gasteiger partial charge < -0.3 is 15.2 Å². The monoisotopic (exact) mass is 360 g/mol. The van der Waals surface area contributed by atoms with Crippen LogP contribution in [0.15, 0.2) is 47.4 Å². The Morgan fingerprint density at radius 3 is 2.88 bits per heavy atom. The molecule has 0 bridgehead atoms. The molecule has 1 aromatic carbocycles. The fraction of sp³-hybridized carbons (Fsp3) is 0.368. The Morgan fingerprint density at radius 2 is 2.15 bits per heavy atom. The first-order chi connectivity index (χ1) is 12.6. The second kappa shape index (κ2) is 8.25. The summed E-state index contributed by atoms with van der Waals surface area (Å²) in [7, 11) is 0. The summed E-state index contributed by atoms with van der Waals surface area (Å²) < 4.78 is 21.1. The number of carbonyl (C=O) groups excluding carboxylic acids is 1. The van der Waals surface area contributed by atoms with Gasteiger partial charge in [0.25, 0.3) is 5.56 Å². The Hall–Kier alpha value is -2.51. The summed E-state index contributed by atoms with van der Waals surface area (Å²) in [6.45, 7) is 0.212. The maximum Gasteiger partial charge on any atom is 0.255 e. The molecule has 1 aliphatic carbocycles. The molecule has 0 aliphatic heterocycles. The minimum absolute atomic E-state index is 0.0462. The standard InChI is InChI=1S/C19H21FN2O4/c20-16-12-14(22-8-2-1-3-18(22)24)5-7-17(16)21-19(25)13-4-6-15(11-13)26-10-9-23/h1-3,5,7-8,12-13,15,23H,4,6,9-11H2,(H,21,25)/t13-,15+/m0/s1. The van der Waals surface area contributed by atoms with Gasteiger partial charge in [-0.05, 0) is 37.5 Å². The smallest absolute Gasteiger partial charge is 0.255 e. The highest BCUT2D eigenvalue weighted by molar-refractivity contribution is 5.93. The van der Waals surface area contributed by atoms with Gasteiger partial charge in [-0.2, -0.15) is 0 Å². The molecule has 2 N–H and O–H groups in total. The molecule has 1 aromatic heterocycles. The van der Waals surface area contributed by atoms with Crippen molar-refractivity contribution in [2.24, 2.45) is 5.92 Å². The fourth-order valence-electron chi connectivity index (χ4n) is 3.18. The predicted octanol–water partition coefficient (Wildman–Crippen LogP) is 2.09. The molecule has 0 spiro atoms. The van der Waals surface area contributed by atoms with E-state index < -0.39 is 5.82 Å². The molecular formula is C19H21FN2O4. The van der Waals surface area contributed by atoms with E-state index in [1.165, 1.54) is 22.8 Å². The van der Waals surface area contributed by atoms with Gasteiger partial charge in [-0.15, -0.1) is 0 Å². The Balaban J connectivity index is 1.66. The van der Waals surface area contributed by atoms with Crippen LogP contribution in [0.1, 0.15) is 19.3 Å². The quantitative estimate of drug-likeness (QED) is 0.827. The van der Waals surface area contributed by atoms with Crippen molar-refractivity contribution >= 4 is 11.6 Å². The summed E-state index contributed by atoms with van der Waals surface area (Å²) in [4.78, 5) is 24.2. The third kappa shape index (κ3) is 4.17. The predicted molar refractivity (Wildman–Crippen MR) is 94.8 cm³/mol. The first-order valence-corrected chi connectivity index (χ1v) is 8.59. The van der Waals surface area contributed by atoms with Crippen LogP contribution in [0.4, 0.5) is 10.1 Å². The van der Waals surface area contributed by atoms with E-state index >= 15 is 0 Å². The average molecular weight is 360 g/mol. The number of benzene rings is 1. The van der Waals surface area contributed by atoms with Gasteiger partial charge in [0.05, 0.1) is 30.7 Å². The van der Waals surface area contributed by atoms with E-state index in [1.54, 1.807) is 24.4 Å². The van der Waals surface area contributed by atoms with Crippen LogP contribution in [0.5, 0.6) is 0 Å². The van der Waals surface area contributed by atoms with E-state index in [0.717, 1.165) is 6.42 Å². The van der Waals surface area contributed by atoms with Crippen LogP contribution in [0, 0.1) is 11.7 Å². The van der Waals surface area contributed by atoms with Gasteiger partial charge in [0.15, 0.2) is 0 Å². The number of rotatable bonds is 6. The fourth-order valence-corrected chi connectivity index (χ4v) is 3.18. The van der Waals surface area contributed by atoms with Crippen LogP contribution in [-0.2, 0) is 9.53 Å². The molecule has 0 unspecified atom stereocenters. The van der Waals surface area contributed by atoms with Crippen molar-refractivity contribution in [2.45, 2.75) is 25.4 Å². The second-order valence-electron chi connectivity index (χ2n) is 6.29. The van der Waals surface area contributed by atoms with Gasteiger partial charge in [-0.3, -0.25) is 14.2 Å². The van der Waals surface area contributed by atoms with Crippen LogP contribution in [0.2, 0.25) is 0 Å². The van der Waals surface area contributed by atoms with E-state index in [1.807, 2.05) is 0 Å². The molecule has 6 nitrogen and oxygen atoms in total. The van der Waals surface area contributed by atoms with E-state index in [-0.39, 0.29) is 42.4 Å². The molecule has 1 aliphatic rings. The SMILES string of the molecule is O=C(Nc1ccc(-n2ccccc2=O)cc1F)[C@H]1CC[C@@H](OCCO)C1. The van der Waals surface area contributed by atoms with Gasteiger partial charge in [0.2, 0.25) is 5.91 Å². The van der Waals surface area contributed by atoms with Crippen LogP contribution >= 0.6 is 0 Å². The third-order valence-electron chi connectivity index (χ3n) is 4.51. The lowest BCUT2D eigenvalue weighted by Crippen LogP contribution is -2.23. The molecule has 2 atom stereocenters. The molecule has 1 amide bonds. The zero-order chi connectivity index (χ0) is 18.5. The number of aliphatic hydroxyl groups is 1. The normalized spacial score (nSPS) is 19.5. The van der Waals surface area contributed by atoms with Crippen molar-refractivity contribution < 1.29 is 19.0 Å². The van der Waals surface area contributed by atoms with Crippen molar-refractivity contribution in [1.82, 2.24) is 4.57 Å². The molecule has 0 radical (unpaired) electrons. The maximum atomic E-state index is 14.4. The largest absolute Gasteiger partial charge is 0.394 e. The number of anilines is 1. The van der Waals surface area contributed by atoms with Gasteiger partial charge in [0, 0.05) is 24.2 Å². The lowest BCUT2D eigenvalue weighted by Gasteiger charge is -2.14. The first kappa shape index (κ1) is 18.3. The minimum atomic E-state index is -0.599. The number of pyridine rings is 1. The Bertz CT molecular complexity index is 836. The maximum absolute atomic E-state index is 14.4. The topological polar surface area (TPSA) is 80.6 Å². The van der Waals surface area contributed by atoms with Crippen LogP contribution in [-0.4, -0.2) is 34.9 Å². The number of nitrogens with zero attached hydrogens (tertiary/aromatic N) is 1. The van der Waals surface area contributed by atoms with Crippen molar-refractivity contribution in [2.75, 3.05) is 18.5 Å². The van der Waals surface area contributed by atoms with Crippen molar-refractivity contribution in [1.29, 1.82) is 0 Å². The number of nitrogens with one attached hydrogen (secondary N) is 1. The van der Waals surface area contributed by atoms with E-state index in [4.69, 9.17) is 9.84 Å². The van der Waals surface area contributed by atoms with Gasteiger partial charge in [-0.25, -0.2) is 4.39 Å². The Kier molecular flexibility index (Phi) is 5.80. The summed E-state index contributed by atoms with van der Waals surface area (Å²) in [5.74, 6) is -1.09. The summed E-state index contributed by atoms with van der Waals surface area (Å²) in [6, 6.07) is 8.95. The lowest BCUT2D eigenvalue weighted by atomic mass is 10.1. The number of carbonyl (C=O) groups is 1. The molecule has 138 valence electrons. The minimum Gasteiger partial charge on any atom is -0.394 e. The number of aliphatic hydroxyl groups excluding tert-OH is 1. The highest BCUT2D eigenvalue weighted by Gasteiger charge is 2.30. The second-order valence-corrected chi connectivity index (χ2v) is 6.29. The molecule has 7 heteroatoms.